The lowest BCUT2D eigenvalue weighted by atomic mass is 10.0. The van der Waals surface area contributed by atoms with Crippen LogP contribution in [0.3, 0.4) is 0 Å². The van der Waals surface area contributed by atoms with E-state index in [-0.39, 0.29) is 0 Å². The average Bonchev–Trinajstić information content (AvgIpc) is 2.38. The lowest BCUT2D eigenvalue weighted by Crippen LogP contribution is -2.45. The fourth-order valence-electron chi connectivity index (χ4n) is 2.17. The molecule has 1 N–H and O–H groups in total. The van der Waals surface area contributed by atoms with E-state index in [0.717, 1.165) is 36.6 Å². The Balaban J connectivity index is 1.75. The van der Waals surface area contributed by atoms with Crippen molar-refractivity contribution < 1.29 is 4.74 Å². The zero-order valence-corrected chi connectivity index (χ0v) is 12.4. The third-order valence-electron chi connectivity index (χ3n) is 3.46. The Morgan fingerprint density at radius 1 is 1.00 bits per heavy atom. The predicted octanol–water partition coefficient (Wildman–Crippen LogP) is 4.26. The largest absolute Gasteiger partial charge is 0.493 e. The number of hydrogen-bond acceptors (Lipinski definition) is 2. The summed E-state index contributed by atoms with van der Waals surface area (Å²) in [6.07, 6.45) is 0. The molecule has 20 heavy (non-hydrogen) atoms. The van der Waals surface area contributed by atoms with Crippen LogP contribution in [0.1, 0.15) is 0 Å². The number of benzene rings is 2. The molecule has 0 bridgehead atoms. The van der Waals surface area contributed by atoms with Gasteiger partial charge in [0.2, 0.25) is 0 Å². The van der Waals surface area contributed by atoms with Gasteiger partial charge in [0, 0.05) is 34.6 Å². The molecule has 0 aromatic heterocycles. The first kappa shape index (κ1) is 13.7. The van der Waals surface area contributed by atoms with Gasteiger partial charge in [-0.3, -0.25) is 0 Å². The van der Waals surface area contributed by atoms with Crippen molar-refractivity contribution >= 4 is 23.2 Å². The van der Waals surface area contributed by atoms with E-state index in [1.807, 2.05) is 42.5 Å². The molecular formula is C16H15Cl2NO. The molecule has 0 amide bonds. The fraction of sp³-hybridized carbons (Fsp3) is 0.250. The fourth-order valence-corrected chi connectivity index (χ4v) is 2.79. The van der Waals surface area contributed by atoms with Crippen molar-refractivity contribution in [3.8, 4) is 16.9 Å². The highest BCUT2D eigenvalue weighted by atomic mass is 35.5. The summed E-state index contributed by atoms with van der Waals surface area (Å²) in [6, 6.07) is 13.4. The quantitative estimate of drug-likeness (QED) is 0.911. The smallest absolute Gasteiger partial charge is 0.119 e. The van der Waals surface area contributed by atoms with E-state index < -0.39 is 0 Å². The first-order chi connectivity index (χ1) is 9.74. The van der Waals surface area contributed by atoms with Gasteiger partial charge in [0.1, 0.15) is 5.75 Å². The molecule has 1 aliphatic heterocycles. The van der Waals surface area contributed by atoms with Gasteiger partial charge in [-0.1, -0.05) is 41.4 Å². The number of halogens is 2. The van der Waals surface area contributed by atoms with Crippen molar-refractivity contribution in [1.29, 1.82) is 0 Å². The van der Waals surface area contributed by atoms with Crippen LogP contribution in [0.25, 0.3) is 11.1 Å². The molecule has 0 radical (unpaired) electrons. The van der Waals surface area contributed by atoms with Crippen LogP contribution >= 0.6 is 23.2 Å². The Kier molecular flexibility index (Phi) is 4.16. The Hall–Kier alpha value is -1.22. The van der Waals surface area contributed by atoms with Crippen molar-refractivity contribution in [3.63, 3.8) is 0 Å². The van der Waals surface area contributed by atoms with Gasteiger partial charge in [-0.15, -0.1) is 0 Å². The topological polar surface area (TPSA) is 21.3 Å². The Bertz CT molecular complexity index is 574. The van der Waals surface area contributed by atoms with Gasteiger partial charge >= 0.3 is 0 Å². The van der Waals surface area contributed by atoms with E-state index in [1.165, 1.54) is 0 Å². The van der Waals surface area contributed by atoms with Gasteiger partial charge in [-0.2, -0.15) is 0 Å². The monoisotopic (exact) mass is 307 g/mol. The van der Waals surface area contributed by atoms with Crippen molar-refractivity contribution in [2.45, 2.75) is 0 Å². The summed E-state index contributed by atoms with van der Waals surface area (Å²) in [6.45, 7) is 2.86. The predicted molar refractivity (Wildman–Crippen MR) is 83.8 cm³/mol. The highest BCUT2D eigenvalue weighted by Crippen LogP contribution is 2.35. The second-order valence-corrected chi connectivity index (χ2v) is 5.77. The lowest BCUT2D eigenvalue weighted by Gasteiger charge is -2.26. The minimum Gasteiger partial charge on any atom is -0.493 e. The highest BCUT2D eigenvalue weighted by molar-refractivity contribution is 6.39. The first-order valence-electron chi connectivity index (χ1n) is 6.62. The maximum atomic E-state index is 6.21. The second-order valence-electron chi connectivity index (χ2n) is 4.96. The van der Waals surface area contributed by atoms with Gasteiger partial charge in [0.25, 0.3) is 0 Å². The van der Waals surface area contributed by atoms with Crippen molar-refractivity contribution in [3.05, 3.63) is 52.5 Å². The Morgan fingerprint density at radius 2 is 1.65 bits per heavy atom. The summed E-state index contributed by atoms with van der Waals surface area (Å²) in [7, 11) is 0. The van der Waals surface area contributed by atoms with E-state index >= 15 is 0 Å². The summed E-state index contributed by atoms with van der Waals surface area (Å²) in [4.78, 5) is 0. The van der Waals surface area contributed by atoms with Crippen molar-refractivity contribution in [1.82, 2.24) is 5.32 Å². The van der Waals surface area contributed by atoms with Crippen LogP contribution in [-0.2, 0) is 0 Å². The lowest BCUT2D eigenvalue weighted by molar-refractivity contribution is 0.199. The molecule has 1 heterocycles. The van der Waals surface area contributed by atoms with Crippen LogP contribution in [0.4, 0.5) is 0 Å². The van der Waals surface area contributed by atoms with Gasteiger partial charge in [-0.05, 0) is 29.8 Å². The molecule has 0 unspecified atom stereocenters. The summed E-state index contributed by atoms with van der Waals surface area (Å²) in [5, 5.41) is 4.55. The SMILES string of the molecule is Clc1cccc(Cl)c1-c1ccc(OCC2CNC2)cc1. The molecule has 4 heteroatoms. The number of rotatable bonds is 4. The number of hydrogen-bond donors (Lipinski definition) is 1. The molecule has 1 aliphatic rings. The van der Waals surface area contributed by atoms with Crippen molar-refractivity contribution in [2.24, 2.45) is 5.92 Å². The Labute approximate surface area is 128 Å². The molecule has 2 aromatic rings. The standard InChI is InChI=1S/C16H15Cl2NO/c17-14-2-1-3-15(18)16(14)12-4-6-13(7-5-12)20-10-11-8-19-9-11/h1-7,11,19H,8-10H2. The highest BCUT2D eigenvalue weighted by Gasteiger charge is 2.17. The maximum absolute atomic E-state index is 6.21. The molecular weight excluding hydrogens is 293 g/mol. The second kappa shape index (κ2) is 6.04. The third kappa shape index (κ3) is 2.93. The zero-order chi connectivity index (χ0) is 13.9. The molecule has 2 aromatic carbocycles. The Morgan fingerprint density at radius 3 is 2.20 bits per heavy atom. The molecule has 1 fully saturated rings. The minimum absolute atomic E-state index is 0.632. The molecule has 0 atom stereocenters. The molecule has 0 aliphatic carbocycles. The first-order valence-corrected chi connectivity index (χ1v) is 7.37. The van der Waals surface area contributed by atoms with Crippen LogP contribution in [0.2, 0.25) is 10.0 Å². The molecule has 0 saturated carbocycles. The number of nitrogens with one attached hydrogen (secondary N) is 1. The zero-order valence-electron chi connectivity index (χ0n) is 10.9. The van der Waals surface area contributed by atoms with Gasteiger partial charge in [0.05, 0.1) is 6.61 Å². The van der Waals surface area contributed by atoms with Crippen LogP contribution in [0.5, 0.6) is 5.75 Å². The number of ether oxygens (including phenoxy) is 1. The van der Waals surface area contributed by atoms with Gasteiger partial charge in [0.15, 0.2) is 0 Å². The van der Waals surface area contributed by atoms with Gasteiger partial charge < -0.3 is 10.1 Å². The average molecular weight is 308 g/mol. The molecule has 0 spiro atoms. The van der Waals surface area contributed by atoms with Crippen LogP contribution < -0.4 is 10.1 Å². The van der Waals surface area contributed by atoms with E-state index in [4.69, 9.17) is 27.9 Å². The molecule has 1 saturated heterocycles. The van der Waals surface area contributed by atoms with E-state index in [9.17, 15) is 0 Å². The summed E-state index contributed by atoms with van der Waals surface area (Å²) >= 11 is 12.4. The summed E-state index contributed by atoms with van der Waals surface area (Å²) in [5.74, 6) is 1.51. The van der Waals surface area contributed by atoms with Gasteiger partial charge in [-0.25, -0.2) is 0 Å². The summed E-state index contributed by atoms with van der Waals surface area (Å²) < 4.78 is 5.76. The van der Waals surface area contributed by atoms with Crippen LogP contribution in [0.15, 0.2) is 42.5 Å². The molecule has 2 nitrogen and oxygen atoms in total. The third-order valence-corrected chi connectivity index (χ3v) is 4.09. The normalized spacial score (nSPS) is 14.9. The summed E-state index contributed by atoms with van der Waals surface area (Å²) in [5.41, 5.74) is 1.86. The molecule has 3 rings (SSSR count). The van der Waals surface area contributed by atoms with E-state index in [0.29, 0.717) is 16.0 Å². The van der Waals surface area contributed by atoms with E-state index in [1.54, 1.807) is 0 Å². The maximum Gasteiger partial charge on any atom is 0.119 e. The molecule has 104 valence electrons. The van der Waals surface area contributed by atoms with Crippen molar-refractivity contribution in [2.75, 3.05) is 19.7 Å². The van der Waals surface area contributed by atoms with Crippen LogP contribution in [-0.4, -0.2) is 19.7 Å². The van der Waals surface area contributed by atoms with Crippen LogP contribution in [0, 0.1) is 5.92 Å². The van der Waals surface area contributed by atoms with E-state index in [2.05, 4.69) is 5.32 Å². The minimum atomic E-state index is 0.632.